The molecule has 1 unspecified atom stereocenters. The number of nitrogens with one attached hydrogen (secondary N) is 1. The van der Waals surface area contributed by atoms with Gasteiger partial charge in [0, 0.05) is 6.04 Å². The van der Waals surface area contributed by atoms with Crippen LogP contribution in [0.5, 0.6) is 0 Å². The first kappa shape index (κ1) is 13.8. The van der Waals surface area contributed by atoms with Crippen LogP contribution in [-0.4, -0.2) is 7.05 Å². The molecule has 1 nitrogen and oxygen atoms in total. The maximum Gasteiger partial charge on any atom is 0.416 e. The van der Waals surface area contributed by atoms with Gasteiger partial charge in [-0.2, -0.15) is 13.2 Å². The molecule has 1 atom stereocenters. The fourth-order valence-electron chi connectivity index (χ4n) is 1.78. The molecule has 4 heteroatoms. The lowest BCUT2D eigenvalue weighted by molar-refractivity contribution is -0.138. The van der Waals surface area contributed by atoms with Crippen molar-refractivity contribution >= 4 is 0 Å². The molecule has 0 heterocycles. The van der Waals surface area contributed by atoms with Crippen LogP contribution in [0.15, 0.2) is 36.4 Å². The van der Waals surface area contributed by atoms with E-state index in [0.29, 0.717) is 6.42 Å². The summed E-state index contributed by atoms with van der Waals surface area (Å²) in [6, 6.07) is 5.28. The Bertz CT molecular complexity index is 396. The van der Waals surface area contributed by atoms with Gasteiger partial charge < -0.3 is 5.32 Å². The van der Waals surface area contributed by atoms with E-state index in [2.05, 4.69) is 11.9 Å². The zero-order chi connectivity index (χ0) is 13.1. The van der Waals surface area contributed by atoms with Gasteiger partial charge in [0.2, 0.25) is 0 Å². The molecule has 94 valence electrons. The minimum Gasteiger partial charge on any atom is -0.313 e. The van der Waals surface area contributed by atoms with E-state index in [1.54, 1.807) is 20.0 Å². The Morgan fingerprint density at radius 2 is 1.94 bits per heavy atom. The van der Waals surface area contributed by atoms with Crippen LogP contribution in [0.25, 0.3) is 0 Å². The van der Waals surface area contributed by atoms with Crippen molar-refractivity contribution in [1.29, 1.82) is 0 Å². The Labute approximate surface area is 99.3 Å². The predicted octanol–water partition coefficient (Wildman–Crippen LogP) is 3.93. The number of alkyl halides is 3. The molecule has 0 radical (unpaired) electrons. The molecule has 0 saturated carbocycles. The van der Waals surface area contributed by atoms with Gasteiger partial charge in [-0.15, -0.1) is 6.58 Å². The summed E-state index contributed by atoms with van der Waals surface area (Å²) in [4.78, 5) is 0. The van der Waals surface area contributed by atoms with Crippen LogP contribution in [0.4, 0.5) is 13.2 Å². The quantitative estimate of drug-likeness (QED) is 0.790. The predicted molar refractivity (Wildman–Crippen MR) is 62.7 cm³/mol. The summed E-state index contributed by atoms with van der Waals surface area (Å²) >= 11 is 0. The Morgan fingerprint density at radius 3 is 2.41 bits per heavy atom. The van der Waals surface area contributed by atoms with Crippen LogP contribution in [0.1, 0.15) is 30.5 Å². The molecule has 17 heavy (non-hydrogen) atoms. The molecular formula is C13H16F3N. The highest BCUT2D eigenvalue weighted by molar-refractivity contribution is 5.33. The lowest BCUT2D eigenvalue weighted by Gasteiger charge is -2.21. The van der Waals surface area contributed by atoms with Gasteiger partial charge in [0.15, 0.2) is 0 Å². The van der Waals surface area contributed by atoms with E-state index in [1.807, 2.05) is 0 Å². The molecule has 0 amide bonds. The molecule has 0 fully saturated rings. The monoisotopic (exact) mass is 243 g/mol. The lowest BCUT2D eigenvalue weighted by atomic mass is 9.95. The smallest absolute Gasteiger partial charge is 0.313 e. The van der Waals surface area contributed by atoms with E-state index in [-0.39, 0.29) is 11.6 Å². The molecule has 0 spiro atoms. The topological polar surface area (TPSA) is 12.0 Å². The SMILES string of the molecule is C=C(C)CC(NC)c1ccccc1C(F)(F)F. The fraction of sp³-hybridized carbons (Fsp3) is 0.385. The van der Waals surface area contributed by atoms with Crippen LogP contribution in [0.3, 0.4) is 0 Å². The van der Waals surface area contributed by atoms with Crippen molar-refractivity contribution in [3.8, 4) is 0 Å². The Hall–Kier alpha value is -1.29. The Kier molecular flexibility index (Phi) is 4.34. The van der Waals surface area contributed by atoms with Gasteiger partial charge in [-0.05, 0) is 32.0 Å². The molecule has 1 rings (SSSR count). The van der Waals surface area contributed by atoms with E-state index in [9.17, 15) is 13.2 Å². The Morgan fingerprint density at radius 1 is 1.35 bits per heavy atom. The van der Waals surface area contributed by atoms with Gasteiger partial charge in [-0.25, -0.2) is 0 Å². The zero-order valence-corrected chi connectivity index (χ0v) is 9.93. The summed E-state index contributed by atoms with van der Waals surface area (Å²) < 4.78 is 38.5. The van der Waals surface area contributed by atoms with Crippen molar-refractivity contribution in [1.82, 2.24) is 5.32 Å². The number of hydrogen-bond acceptors (Lipinski definition) is 1. The summed E-state index contributed by atoms with van der Waals surface area (Å²) in [6.45, 7) is 5.55. The second-order valence-electron chi connectivity index (χ2n) is 4.09. The lowest BCUT2D eigenvalue weighted by Crippen LogP contribution is -2.21. The van der Waals surface area contributed by atoms with Crippen LogP contribution < -0.4 is 5.32 Å². The van der Waals surface area contributed by atoms with E-state index < -0.39 is 11.7 Å². The van der Waals surface area contributed by atoms with Crippen molar-refractivity contribution in [3.63, 3.8) is 0 Å². The number of halogens is 3. The standard InChI is InChI=1S/C13H16F3N/c1-9(2)8-12(17-3)10-6-4-5-7-11(10)13(14,15)16/h4-7,12,17H,1,8H2,2-3H3. The van der Waals surface area contributed by atoms with Gasteiger partial charge >= 0.3 is 6.18 Å². The van der Waals surface area contributed by atoms with E-state index >= 15 is 0 Å². The van der Waals surface area contributed by atoms with Crippen molar-refractivity contribution < 1.29 is 13.2 Å². The summed E-state index contributed by atoms with van der Waals surface area (Å²) in [5.41, 5.74) is 0.535. The average Bonchev–Trinajstić information content (AvgIpc) is 2.24. The molecule has 0 aliphatic rings. The van der Waals surface area contributed by atoms with Crippen molar-refractivity contribution in [2.75, 3.05) is 7.05 Å². The summed E-state index contributed by atoms with van der Waals surface area (Å²) in [5.74, 6) is 0. The van der Waals surface area contributed by atoms with E-state index in [0.717, 1.165) is 11.6 Å². The minimum absolute atomic E-state index is 0.269. The third-order valence-electron chi connectivity index (χ3n) is 2.54. The van der Waals surface area contributed by atoms with Gasteiger partial charge in [0.1, 0.15) is 0 Å². The highest BCUT2D eigenvalue weighted by Gasteiger charge is 2.34. The molecule has 0 aromatic heterocycles. The summed E-state index contributed by atoms with van der Waals surface area (Å²) in [6.07, 6.45) is -3.83. The van der Waals surface area contributed by atoms with E-state index in [4.69, 9.17) is 0 Å². The van der Waals surface area contributed by atoms with Crippen LogP contribution in [0, 0.1) is 0 Å². The van der Waals surface area contributed by atoms with Gasteiger partial charge in [0.05, 0.1) is 5.56 Å². The molecule has 0 bridgehead atoms. The molecule has 0 aliphatic carbocycles. The second-order valence-corrected chi connectivity index (χ2v) is 4.09. The fourth-order valence-corrected chi connectivity index (χ4v) is 1.78. The first-order chi connectivity index (χ1) is 7.86. The molecule has 0 saturated heterocycles. The second kappa shape index (κ2) is 5.36. The van der Waals surface area contributed by atoms with Gasteiger partial charge in [-0.1, -0.05) is 23.8 Å². The first-order valence-electron chi connectivity index (χ1n) is 5.34. The third-order valence-corrected chi connectivity index (χ3v) is 2.54. The van der Waals surface area contributed by atoms with Gasteiger partial charge in [0.25, 0.3) is 0 Å². The highest BCUT2D eigenvalue weighted by atomic mass is 19.4. The summed E-state index contributed by atoms with van der Waals surface area (Å²) in [5, 5.41) is 2.90. The van der Waals surface area contributed by atoms with Crippen molar-refractivity contribution in [2.24, 2.45) is 0 Å². The van der Waals surface area contributed by atoms with Crippen LogP contribution in [-0.2, 0) is 6.18 Å². The number of benzene rings is 1. The first-order valence-corrected chi connectivity index (χ1v) is 5.34. The molecule has 1 aromatic rings. The average molecular weight is 243 g/mol. The Balaban J connectivity index is 3.15. The molecule has 1 aromatic carbocycles. The number of rotatable bonds is 4. The summed E-state index contributed by atoms with van der Waals surface area (Å²) in [7, 11) is 1.65. The third kappa shape index (κ3) is 3.60. The molecule has 1 N–H and O–H groups in total. The maximum atomic E-state index is 12.8. The molecule has 0 aliphatic heterocycles. The van der Waals surface area contributed by atoms with Crippen molar-refractivity contribution in [2.45, 2.75) is 25.6 Å². The minimum atomic E-state index is -4.32. The highest BCUT2D eigenvalue weighted by Crippen LogP contribution is 2.35. The zero-order valence-electron chi connectivity index (χ0n) is 9.93. The van der Waals surface area contributed by atoms with Gasteiger partial charge in [-0.3, -0.25) is 0 Å². The largest absolute Gasteiger partial charge is 0.416 e. The van der Waals surface area contributed by atoms with Crippen molar-refractivity contribution in [3.05, 3.63) is 47.5 Å². The normalized spacial score (nSPS) is 13.5. The van der Waals surface area contributed by atoms with Crippen LogP contribution in [0.2, 0.25) is 0 Å². The van der Waals surface area contributed by atoms with E-state index in [1.165, 1.54) is 12.1 Å². The number of hydrogen-bond donors (Lipinski definition) is 1. The van der Waals surface area contributed by atoms with Crippen LogP contribution >= 0.6 is 0 Å². The maximum absolute atomic E-state index is 12.8. The molecular weight excluding hydrogens is 227 g/mol.